The summed E-state index contributed by atoms with van der Waals surface area (Å²) in [6.45, 7) is 4.16. The molecule has 0 fully saturated rings. The molecule has 2 aromatic carbocycles. The van der Waals surface area contributed by atoms with E-state index in [0.29, 0.717) is 11.6 Å². The minimum Gasteiger partial charge on any atom is -0.373 e. The highest BCUT2D eigenvalue weighted by Crippen LogP contribution is 2.33. The second-order valence-electron chi connectivity index (χ2n) is 6.45. The molecule has 134 valence electrons. The normalized spacial score (nSPS) is 12.8. The first kappa shape index (κ1) is 18.9. The van der Waals surface area contributed by atoms with Crippen molar-refractivity contribution in [2.45, 2.75) is 31.2 Å². The maximum absolute atomic E-state index is 11.7. The van der Waals surface area contributed by atoms with Gasteiger partial charge in [0.2, 0.25) is 0 Å². The van der Waals surface area contributed by atoms with Crippen LogP contribution in [0.25, 0.3) is 0 Å². The molecule has 0 radical (unpaired) electrons. The number of benzene rings is 2. The summed E-state index contributed by atoms with van der Waals surface area (Å²) in [6, 6.07) is 13.6. The van der Waals surface area contributed by atoms with Crippen molar-refractivity contribution in [3.63, 3.8) is 0 Å². The standard InChI is InChI=1S/C18H22N2O4S/c1-13(2)11-17(14-7-5-4-6-8-14)19-16-10-9-15(25(3,23)24)12-18(16)20(21)22/h4-10,12-13,17,19H,11H2,1-3H3/t17-/m1/s1. The number of nitro benzene ring substituents is 1. The number of nitrogens with zero attached hydrogens (tertiary/aromatic N) is 1. The number of nitro groups is 1. The van der Waals surface area contributed by atoms with Gasteiger partial charge in [0.05, 0.1) is 15.9 Å². The fourth-order valence-corrected chi connectivity index (χ4v) is 3.28. The van der Waals surface area contributed by atoms with Crippen LogP contribution in [0.3, 0.4) is 0 Å². The molecule has 2 aromatic rings. The van der Waals surface area contributed by atoms with Crippen LogP contribution >= 0.6 is 0 Å². The van der Waals surface area contributed by atoms with Gasteiger partial charge in [0.25, 0.3) is 5.69 Å². The first-order valence-corrected chi connectivity index (χ1v) is 9.87. The van der Waals surface area contributed by atoms with Gasteiger partial charge in [0, 0.05) is 12.3 Å². The Morgan fingerprint density at radius 3 is 2.28 bits per heavy atom. The molecule has 2 rings (SSSR count). The number of sulfone groups is 1. The van der Waals surface area contributed by atoms with Gasteiger partial charge in [0.1, 0.15) is 5.69 Å². The molecule has 0 aliphatic rings. The van der Waals surface area contributed by atoms with E-state index >= 15 is 0 Å². The summed E-state index contributed by atoms with van der Waals surface area (Å²) < 4.78 is 23.3. The number of anilines is 1. The first-order chi connectivity index (χ1) is 11.7. The van der Waals surface area contributed by atoms with Crippen LogP contribution in [-0.4, -0.2) is 19.6 Å². The van der Waals surface area contributed by atoms with Crippen LogP contribution in [0.15, 0.2) is 53.4 Å². The van der Waals surface area contributed by atoms with Crippen molar-refractivity contribution in [2.75, 3.05) is 11.6 Å². The third-order valence-electron chi connectivity index (χ3n) is 3.83. The van der Waals surface area contributed by atoms with Gasteiger partial charge in [-0.05, 0) is 30.0 Å². The molecule has 0 saturated heterocycles. The van der Waals surface area contributed by atoms with Crippen LogP contribution < -0.4 is 5.32 Å². The molecule has 0 heterocycles. The van der Waals surface area contributed by atoms with Crippen LogP contribution in [-0.2, 0) is 9.84 Å². The van der Waals surface area contributed by atoms with Gasteiger partial charge in [-0.3, -0.25) is 10.1 Å². The molecule has 0 saturated carbocycles. The molecular weight excluding hydrogens is 340 g/mol. The Labute approximate surface area is 148 Å². The third kappa shape index (κ3) is 5.03. The Balaban J connectivity index is 2.43. The predicted octanol–water partition coefficient (Wildman–Crippen LogP) is 4.20. The lowest BCUT2D eigenvalue weighted by atomic mass is 9.96. The molecule has 0 spiro atoms. The number of hydrogen-bond donors (Lipinski definition) is 1. The van der Waals surface area contributed by atoms with Gasteiger partial charge >= 0.3 is 0 Å². The second kappa shape index (κ2) is 7.65. The van der Waals surface area contributed by atoms with Gasteiger partial charge in [-0.2, -0.15) is 0 Å². The van der Waals surface area contributed by atoms with Crippen LogP contribution in [0.5, 0.6) is 0 Å². The highest BCUT2D eigenvalue weighted by molar-refractivity contribution is 7.90. The smallest absolute Gasteiger partial charge is 0.293 e. The molecule has 6 nitrogen and oxygen atoms in total. The van der Waals surface area contributed by atoms with E-state index in [9.17, 15) is 18.5 Å². The van der Waals surface area contributed by atoms with Gasteiger partial charge in [-0.1, -0.05) is 44.2 Å². The lowest BCUT2D eigenvalue weighted by molar-refractivity contribution is -0.384. The molecule has 0 aliphatic carbocycles. The van der Waals surface area contributed by atoms with Crippen molar-refractivity contribution in [1.82, 2.24) is 0 Å². The van der Waals surface area contributed by atoms with Crippen LogP contribution in [0.1, 0.15) is 31.9 Å². The SMILES string of the molecule is CC(C)C[C@@H](Nc1ccc(S(C)(=O)=O)cc1[N+](=O)[O-])c1ccccc1. The van der Waals surface area contributed by atoms with E-state index in [0.717, 1.165) is 24.3 Å². The number of hydrogen-bond acceptors (Lipinski definition) is 5. The Bertz CT molecular complexity index is 849. The van der Waals surface area contributed by atoms with E-state index in [2.05, 4.69) is 19.2 Å². The maximum Gasteiger partial charge on any atom is 0.293 e. The molecule has 0 unspecified atom stereocenters. The molecule has 7 heteroatoms. The Hall–Kier alpha value is -2.41. The summed E-state index contributed by atoms with van der Waals surface area (Å²) in [5.74, 6) is 0.382. The van der Waals surface area contributed by atoms with Crippen molar-refractivity contribution in [3.8, 4) is 0 Å². The third-order valence-corrected chi connectivity index (χ3v) is 4.94. The lowest BCUT2D eigenvalue weighted by Crippen LogP contribution is -2.14. The molecule has 1 atom stereocenters. The van der Waals surface area contributed by atoms with Gasteiger partial charge in [-0.25, -0.2) is 8.42 Å². The van der Waals surface area contributed by atoms with Crippen LogP contribution in [0, 0.1) is 16.0 Å². The van der Waals surface area contributed by atoms with E-state index < -0.39 is 14.8 Å². The van der Waals surface area contributed by atoms with Crippen molar-refractivity contribution in [1.29, 1.82) is 0 Å². The second-order valence-corrected chi connectivity index (χ2v) is 8.46. The van der Waals surface area contributed by atoms with E-state index in [1.54, 1.807) is 0 Å². The van der Waals surface area contributed by atoms with E-state index in [4.69, 9.17) is 0 Å². The quantitative estimate of drug-likeness (QED) is 0.589. The topological polar surface area (TPSA) is 89.3 Å². The lowest BCUT2D eigenvalue weighted by Gasteiger charge is -2.22. The average molecular weight is 362 g/mol. The Morgan fingerprint density at radius 1 is 1.12 bits per heavy atom. The molecule has 1 N–H and O–H groups in total. The summed E-state index contributed by atoms with van der Waals surface area (Å²) in [4.78, 5) is 10.8. The average Bonchev–Trinajstić information content (AvgIpc) is 2.53. The molecule has 0 bridgehead atoms. The monoisotopic (exact) mass is 362 g/mol. The van der Waals surface area contributed by atoms with Gasteiger partial charge in [-0.15, -0.1) is 0 Å². The van der Waals surface area contributed by atoms with Crippen molar-refractivity contribution in [3.05, 3.63) is 64.2 Å². The van der Waals surface area contributed by atoms with Crippen molar-refractivity contribution < 1.29 is 13.3 Å². The zero-order chi connectivity index (χ0) is 18.6. The zero-order valence-electron chi connectivity index (χ0n) is 14.5. The Kier molecular flexibility index (Phi) is 5.79. The highest BCUT2D eigenvalue weighted by atomic mass is 32.2. The van der Waals surface area contributed by atoms with E-state index in [1.165, 1.54) is 12.1 Å². The summed E-state index contributed by atoms with van der Waals surface area (Å²) in [6.07, 6.45) is 1.82. The summed E-state index contributed by atoms with van der Waals surface area (Å²) in [7, 11) is -3.51. The predicted molar refractivity (Wildman–Crippen MR) is 98.5 cm³/mol. The fraction of sp³-hybridized carbons (Fsp3) is 0.333. The highest BCUT2D eigenvalue weighted by Gasteiger charge is 2.22. The minimum atomic E-state index is -3.51. The van der Waals surface area contributed by atoms with Crippen molar-refractivity contribution >= 4 is 21.2 Å². The molecule has 25 heavy (non-hydrogen) atoms. The number of rotatable bonds is 7. The fourth-order valence-electron chi connectivity index (χ4n) is 2.64. The first-order valence-electron chi connectivity index (χ1n) is 7.98. The van der Waals surface area contributed by atoms with Crippen molar-refractivity contribution in [2.24, 2.45) is 5.92 Å². The van der Waals surface area contributed by atoms with Crippen LogP contribution in [0.4, 0.5) is 11.4 Å². The summed E-state index contributed by atoms with van der Waals surface area (Å²) in [5, 5.41) is 14.6. The number of nitrogens with one attached hydrogen (secondary N) is 1. The van der Waals surface area contributed by atoms with Gasteiger partial charge < -0.3 is 5.32 Å². The van der Waals surface area contributed by atoms with Gasteiger partial charge in [0.15, 0.2) is 9.84 Å². The summed E-state index contributed by atoms with van der Waals surface area (Å²) >= 11 is 0. The molecule has 0 aromatic heterocycles. The Morgan fingerprint density at radius 2 is 1.76 bits per heavy atom. The van der Waals surface area contributed by atoms with E-state index in [1.807, 2.05) is 30.3 Å². The van der Waals surface area contributed by atoms with Crippen LogP contribution in [0.2, 0.25) is 0 Å². The van der Waals surface area contributed by atoms with E-state index in [-0.39, 0.29) is 16.6 Å². The molecule has 0 aliphatic heterocycles. The summed E-state index contributed by atoms with van der Waals surface area (Å²) in [5.41, 5.74) is 1.09. The molecule has 0 amide bonds. The molecular formula is C18H22N2O4S. The minimum absolute atomic E-state index is 0.0649. The zero-order valence-corrected chi connectivity index (χ0v) is 15.3. The maximum atomic E-state index is 11.7. The largest absolute Gasteiger partial charge is 0.373 e.